The summed E-state index contributed by atoms with van der Waals surface area (Å²) in [7, 11) is 0. The Balaban J connectivity index is 3.70. The normalized spacial score (nSPS) is 13.1. The summed E-state index contributed by atoms with van der Waals surface area (Å²) >= 11 is 0. The summed E-state index contributed by atoms with van der Waals surface area (Å²) in [6.07, 6.45) is 28.4. The van der Waals surface area contributed by atoms with Crippen LogP contribution in [0.4, 0.5) is 4.79 Å². The maximum Gasteiger partial charge on any atom is 0.508 e. The van der Waals surface area contributed by atoms with Crippen LogP contribution in [0, 0.1) is 11.8 Å². The van der Waals surface area contributed by atoms with Crippen LogP contribution in [0.15, 0.2) is 0 Å². The molecule has 0 aromatic rings. The van der Waals surface area contributed by atoms with Gasteiger partial charge in [-0.3, -0.25) is 0 Å². The van der Waals surface area contributed by atoms with Gasteiger partial charge < -0.3 is 9.47 Å². The summed E-state index contributed by atoms with van der Waals surface area (Å²) in [4.78, 5) is 12.1. The molecule has 0 radical (unpaired) electrons. The van der Waals surface area contributed by atoms with Gasteiger partial charge in [-0.25, -0.2) is 4.79 Å². The molecule has 0 saturated carbocycles. The van der Waals surface area contributed by atoms with Crippen molar-refractivity contribution in [1.29, 1.82) is 0 Å². The van der Waals surface area contributed by atoms with Crippen LogP contribution >= 0.6 is 0 Å². The first-order valence-electron chi connectivity index (χ1n) is 15.5. The van der Waals surface area contributed by atoms with E-state index in [1.165, 1.54) is 116 Å². The van der Waals surface area contributed by atoms with E-state index >= 15 is 0 Å². The number of unbranched alkanes of at least 4 members (excludes halogenated alkanes) is 16. The van der Waals surface area contributed by atoms with Gasteiger partial charge in [0.1, 0.15) is 0 Å². The van der Waals surface area contributed by atoms with Crippen molar-refractivity contribution < 1.29 is 14.3 Å². The molecule has 0 amide bonds. The second-order valence-corrected chi connectivity index (χ2v) is 10.7. The number of rotatable bonds is 26. The smallest absolute Gasteiger partial charge is 0.434 e. The lowest BCUT2D eigenvalue weighted by Gasteiger charge is -2.17. The van der Waals surface area contributed by atoms with Crippen molar-refractivity contribution in [3.63, 3.8) is 0 Å². The zero-order chi connectivity index (χ0) is 25.1. The molecule has 0 rings (SSSR count). The van der Waals surface area contributed by atoms with Gasteiger partial charge in [0.2, 0.25) is 0 Å². The second kappa shape index (κ2) is 26.9. The number of carbonyl (C=O) groups is 1. The largest absolute Gasteiger partial charge is 0.508 e. The zero-order valence-corrected chi connectivity index (χ0v) is 23.9. The highest BCUT2D eigenvalue weighted by molar-refractivity contribution is 5.59. The predicted octanol–water partition coefficient (Wildman–Crippen LogP) is 11.0. The molecule has 3 nitrogen and oxygen atoms in total. The minimum atomic E-state index is -0.462. The molecule has 0 aliphatic heterocycles. The van der Waals surface area contributed by atoms with Crippen molar-refractivity contribution in [2.45, 2.75) is 169 Å². The SMILES string of the molecule is CCCCCCCCCCCC(CC)COC(=O)OCC(CC)CCCCCCCCCCC. The van der Waals surface area contributed by atoms with Crippen molar-refractivity contribution in [2.75, 3.05) is 13.2 Å². The number of ether oxygens (including phenoxy) is 2. The first kappa shape index (κ1) is 33.3. The third-order valence-electron chi connectivity index (χ3n) is 7.46. The Labute approximate surface area is 214 Å². The number of hydrogen-bond donors (Lipinski definition) is 0. The van der Waals surface area contributed by atoms with E-state index in [0.717, 1.165) is 25.7 Å². The van der Waals surface area contributed by atoms with Crippen LogP contribution < -0.4 is 0 Å². The fourth-order valence-electron chi connectivity index (χ4n) is 4.71. The molecule has 0 spiro atoms. The molecule has 0 N–H and O–H groups in total. The molecule has 2 unspecified atom stereocenters. The molecular formula is C31H62O3. The van der Waals surface area contributed by atoms with Gasteiger partial charge in [-0.2, -0.15) is 0 Å². The van der Waals surface area contributed by atoms with Crippen molar-refractivity contribution >= 4 is 6.16 Å². The standard InChI is InChI=1S/C31H62O3/c1-5-9-11-13-15-17-19-21-23-25-29(7-3)27-33-31(32)34-28-30(8-4)26-24-22-20-18-16-14-12-10-6-2/h29-30H,5-28H2,1-4H3. The topological polar surface area (TPSA) is 35.5 Å². The van der Waals surface area contributed by atoms with Crippen molar-refractivity contribution in [3.8, 4) is 0 Å². The maximum absolute atomic E-state index is 12.1. The second-order valence-electron chi connectivity index (χ2n) is 10.7. The van der Waals surface area contributed by atoms with Crippen LogP contribution in [0.1, 0.15) is 169 Å². The molecule has 0 bridgehead atoms. The molecule has 3 heteroatoms. The van der Waals surface area contributed by atoms with Crippen LogP contribution in [0.2, 0.25) is 0 Å². The highest BCUT2D eigenvalue weighted by Gasteiger charge is 2.14. The molecule has 0 aliphatic rings. The molecule has 2 atom stereocenters. The van der Waals surface area contributed by atoms with Crippen LogP contribution in [0.25, 0.3) is 0 Å². The Morgan fingerprint density at radius 1 is 0.471 bits per heavy atom. The summed E-state index contributed by atoms with van der Waals surface area (Å²) in [5.41, 5.74) is 0. The van der Waals surface area contributed by atoms with E-state index in [1.54, 1.807) is 0 Å². The van der Waals surface area contributed by atoms with Crippen LogP contribution in [-0.4, -0.2) is 19.4 Å². The minimum absolute atomic E-state index is 0.462. The average molecular weight is 483 g/mol. The van der Waals surface area contributed by atoms with Crippen LogP contribution in [0.5, 0.6) is 0 Å². The summed E-state index contributed by atoms with van der Waals surface area (Å²) in [5.74, 6) is 0.946. The molecule has 0 aromatic heterocycles. The van der Waals surface area contributed by atoms with Gasteiger partial charge in [0, 0.05) is 0 Å². The van der Waals surface area contributed by atoms with E-state index in [1.807, 2.05) is 0 Å². The molecular weight excluding hydrogens is 420 g/mol. The van der Waals surface area contributed by atoms with Gasteiger partial charge in [-0.05, 0) is 24.7 Å². The fourth-order valence-corrected chi connectivity index (χ4v) is 4.71. The summed E-state index contributed by atoms with van der Waals surface area (Å²) in [5, 5.41) is 0. The predicted molar refractivity (Wildman–Crippen MR) is 149 cm³/mol. The molecule has 0 fully saturated rings. The summed E-state index contributed by atoms with van der Waals surface area (Å²) in [6.45, 7) is 9.98. The van der Waals surface area contributed by atoms with Gasteiger partial charge in [-0.15, -0.1) is 0 Å². The van der Waals surface area contributed by atoms with Gasteiger partial charge >= 0.3 is 6.16 Å². The van der Waals surface area contributed by atoms with Gasteiger partial charge in [0.15, 0.2) is 0 Å². The third kappa shape index (κ3) is 23.0. The van der Waals surface area contributed by atoms with Crippen molar-refractivity contribution in [3.05, 3.63) is 0 Å². The third-order valence-corrected chi connectivity index (χ3v) is 7.46. The van der Waals surface area contributed by atoms with E-state index in [2.05, 4.69) is 27.7 Å². The van der Waals surface area contributed by atoms with E-state index < -0.39 is 6.16 Å². The Bertz CT molecular complexity index is 373. The van der Waals surface area contributed by atoms with E-state index in [4.69, 9.17) is 9.47 Å². The van der Waals surface area contributed by atoms with Gasteiger partial charge in [0.25, 0.3) is 0 Å². The fraction of sp³-hybridized carbons (Fsp3) is 0.968. The summed E-state index contributed by atoms with van der Waals surface area (Å²) < 4.78 is 10.9. The maximum atomic E-state index is 12.1. The molecule has 34 heavy (non-hydrogen) atoms. The molecule has 0 aliphatic carbocycles. The molecule has 0 aromatic carbocycles. The van der Waals surface area contributed by atoms with E-state index in [-0.39, 0.29) is 0 Å². The highest BCUT2D eigenvalue weighted by Crippen LogP contribution is 2.18. The number of carbonyl (C=O) groups excluding carboxylic acids is 1. The summed E-state index contributed by atoms with van der Waals surface area (Å²) in [6, 6.07) is 0. The Kier molecular flexibility index (Phi) is 26.3. The van der Waals surface area contributed by atoms with Crippen LogP contribution in [0.3, 0.4) is 0 Å². The monoisotopic (exact) mass is 482 g/mol. The average Bonchev–Trinajstić information content (AvgIpc) is 2.85. The molecule has 0 saturated heterocycles. The number of hydrogen-bond acceptors (Lipinski definition) is 3. The lowest BCUT2D eigenvalue weighted by molar-refractivity contribution is 0.0315. The quantitative estimate of drug-likeness (QED) is 0.0908. The van der Waals surface area contributed by atoms with Crippen molar-refractivity contribution in [1.82, 2.24) is 0 Å². The Morgan fingerprint density at radius 2 is 0.765 bits per heavy atom. The lowest BCUT2D eigenvalue weighted by Crippen LogP contribution is -2.18. The Hall–Kier alpha value is -0.730. The lowest BCUT2D eigenvalue weighted by atomic mass is 9.98. The minimum Gasteiger partial charge on any atom is -0.434 e. The highest BCUT2D eigenvalue weighted by atomic mass is 16.7. The van der Waals surface area contributed by atoms with Crippen LogP contribution in [-0.2, 0) is 9.47 Å². The Morgan fingerprint density at radius 3 is 1.06 bits per heavy atom. The van der Waals surface area contributed by atoms with Gasteiger partial charge in [0.05, 0.1) is 13.2 Å². The zero-order valence-electron chi connectivity index (χ0n) is 23.9. The van der Waals surface area contributed by atoms with E-state index in [9.17, 15) is 4.79 Å². The van der Waals surface area contributed by atoms with Crippen molar-refractivity contribution in [2.24, 2.45) is 11.8 Å². The first-order valence-corrected chi connectivity index (χ1v) is 15.5. The van der Waals surface area contributed by atoms with E-state index in [0.29, 0.717) is 25.0 Å². The molecule has 0 heterocycles. The first-order chi connectivity index (χ1) is 16.7. The van der Waals surface area contributed by atoms with Gasteiger partial charge in [-0.1, -0.05) is 156 Å². The molecule has 204 valence electrons.